The number of anilines is 1. The fourth-order valence-corrected chi connectivity index (χ4v) is 4.99. The first kappa shape index (κ1) is 20.8. The summed E-state index contributed by atoms with van der Waals surface area (Å²) in [7, 11) is 0. The first-order valence-electron chi connectivity index (χ1n) is 10.8. The third-order valence-electron chi connectivity index (χ3n) is 5.73. The monoisotopic (exact) mass is 451 g/mol. The van der Waals surface area contributed by atoms with Crippen molar-refractivity contribution in [1.29, 1.82) is 0 Å². The van der Waals surface area contributed by atoms with Gasteiger partial charge in [-0.1, -0.05) is 23.9 Å². The first-order chi connectivity index (χ1) is 15.6. The summed E-state index contributed by atoms with van der Waals surface area (Å²) < 4.78 is 0. The van der Waals surface area contributed by atoms with Crippen molar-refractivity contribution >= 4 is 44.2 Å². The molecule has 4 aromatic rings. The van der Waals surface area contributed by atoms with E-state index in [0.29, 0.717) is 0 Å². The zero-order valence-electron chi connectivity index (χ0n) is 18.1. The van der Waals surface area contributed by atoms with Gasteiger partial charge in [0.05, 0.1) is 11.8 Å². The van der Waals surface area contributed by atoms with Crippen LogP contribution in [0.5, 0.6) is 0 Å². The number of aromatic nitrogens is 5. The van der Waals surface area contributed by atoms with Gasteiger partial charge >= 0.3 is 0 Å². The summed E-state index contributed by atoms with van der Waals surface area (Å²) in [6, 6.07) is 9.83. The number of ketones is 1. The second kappa shape index (κ2) is 8.79. The Kier molecular flexibility index (Phi) is 5.71. The van der Waals surface area contributed by atoms with Gasteiger partial charge in [0.2, 0.25) is 0 Å². The van der Waals surface area contributed by atoms with Gasteiger partial charge < -0.3 is 9.74 Å². The number of hydrogen-bond donors (Lipinski definition) is 0. The number of aryl methyl sites for hydroxylation is 1. The molecule has 1 aliphatic heterocycles. The van der Waals surface area contributed by atoms with Crippen molar-refractivity contribution in [3.05, 3.63) is 41.5 Å². The van der Waals surface area contributed by atoms with Gasteiger partial charge in [0.1, 0.15) is 33.8 Å². The summed E-state index contributed by atoms with van der Waals surface area (Å²) in [5, 5.41) is 9.39. The largest absolute Gasteiger partial charge is 0.375 e. The number of hydrogen-bond acceptors (Lipinski definition) is 9. The van der Waals surface area contributed by atoms with Crippen LogP contribution in [0.1, 0.15) is 25.1 Å². The van der Waals surface area contributed by atoms with Crippen LogP contribution in [0.3, 0.4) is 0 Å². The molecule has 1 aliphatic rings. The molecule has 1 unspecified atom stereocenters. The number of piperazine rings is 1. The van der Waals surface area contributed by atoms with Gasteiger partial charge in [-0.25, -0.2) is 9.97 Å². The Morgan fingerprint density at radius 2 is 2.00 bits per heavy atom. The lowest BCUT2D eigenvalue weighted by Gasteiger charge is -2.38. The highest BCUT2D eigenvalue weighted by Crippen LogP contribution is 2.31. The number of para-hydroxylation sites is 1. The topological polar surface area (TPSA) is 89.3 Å². The number of Topliss-reactive ketones (excluding diaryl/α,β-unsaturated/α-hetero) is 1. The van der Waals surface area contributed by atoms with E-state index in [-0.39, 0.29) is 12.2 Å². The second-order valence-electron chi connectivity index (χ2n) is 7.92. The molecule has 0 aliphatic carbocycles. The van der Waals surface area contributed by atoms with Crippen LogP contribution in [0.15, 0.2) is 36.7 Å². The highest BCUT2D eigenvalue weighted by Gasteiger charge is 2.29. The zero-order valence-corrected chi connectivity index (χ0v) is 19.0. The van der Waals surface area contributed by atoms with Crippen molar-refractivity contribution in [3.8, 4) is 0 Å². The Labute approximate surface area is 189 Å². The number of nitrogens with zero attached hydrogens (tertiary/aromatic N) is 7. The predicted octanol–water partition coefficient (Wildman–Crippen LogP) is 2.55. The molecule has 0 amide bonds. The van der Waals surface area contributed by atoms with Crippen molar-refractivity contribution in [2.24, 2.45) is 0 Å². The number of fused-ring (bicyclic) bond motifs is 2. The molecule has 10 heteroatoms. The van der Waals surface area contributed by atoms with Gasteiger partial charge in [-0.3, -0.25) is 9.69 Å². The van der Waals surface area contributed by atoms with Crippen LogP contribution >= 0.6 is 11.3 Å². The van der Waals surface area contributed by atoms with Crippen LogP contribution < -0.4 is 9.74 Å². The van der Waals surface area contributed by atoms with E-state index in [1.165, 1.54) is 9.72 Å². The predicted molar refractivity (Wildman–Crippen MR) is 124 cm³/mol. The van der Waals surface area contributed by atoms with E-state index >= 15 is 0 Å². The number of thiophene rings is 1. The van der Waals surface area contributed by atoms with E-state index in [0.717, 1.165) is 59.7 Å². The molecule has 1 aromatic carbocycles. The lowest BCUT2D eigenvalue weighted by molar-refractivity contribution is -0.128. The standard InChI is InChI=1S/C22H25N7O2S/c1-3-16-13-17-21(23-14-24-22(17)32-16)28-10-8-27(9-11-28)20(12-15(2)30)31-29-19-7-5-4-6-18(19)25-26-29/h4-7,13-14,20H,3,8-12H2,1-2H3. The molecule has 0 N–H and O–H groups in total. The van der Waals surface area contributed by atoms with Crippen molar-refractivity contribution in [2.45, 2.75) is 32.9 Å². The number of benzene rings is 1. The minimum atomic E-state index is -0.405. The van der Waals surface area contributed by atoms with E-state index in [1.807, 2.05) is 24.3 Å². The number of rotatable bonds is 7. The van der Waals surface area contributed by atoms with Crippen LogP contribution in [0.2, 0.25) is 0 Å². The molecule has 9 nitrogen and oxygen atoms in total. The lowest BCUT2D eigenvalue weighted by atomic mass is 10.2. The molecule has 0 saturated carbocycles. The summed E-state index contributed by atoms with van der Waals surface area (Å²) in [4.78, 5) is 35.4. The average Bonchev–Trinajstić information content (AvgIpc) is 3.42. The van der Waals surface area contributed by atoms with Crippen LogP contribution in [-0.4, -0.2) is 68.2 Å². The van der Waals surface area contributed by atoms with Crippen LogP contribution in [0, 0.1) is 0 Å². The Bertz CT molecular complexity index is 1250. The molecular weight excluding hydrogens is 426 g/mol. The first-order valence-corrected chi connectivity index (χ1v) is 11.6. The maximum atomic E-state index is 12.0. The molecule has 5 rings (SSSR count). The normalized spacial score (nSPS) is 16.0. The second-order valence-corrected chi connectivity index (χ2v) is 9.04. The molecular formula is C22H25N7O2S. The van der Waals surface area contributed by atoms with E-state index in [4.69, 9.17) is 4.84 Å². The molecule has 1 saturated heterocycles. The highest BCUT2D eigenvalue weighted by molar-refractivity contribution is 7.18. The molecule has 3 aromatic heterocycles. The van der Waals surface area contributed by atoms with E-state index in [1.54, 1.807) is 24.6 Å². The highest BCUT2D eigenvalue weighted by atomic mass is 32.1. The Balaban J connectivity index is 1.33. The Hall–Kier alpha value is -3.11. The van der Waals surface area contributed by atoms with Crippen molar-refractivity contribution in [2.75, 3.05) is 31.1 Å². The molecule has 166 valence electrons. The van der Waals surface area contributed by atoms with Crippen molar-refractivity contribution in [3.63, 3.8) is 0 Å². The van der Waals surface area contributed by atoms with Gasteiger partial charge in [-0.15, -0.1) is 16.4 Å². The molecule has 4 heterocycles. The third kappa shape index (κ3) is 4.03. The van der Waals surface area contributed by atoms with Gasteiger partial charge in [0.15, 0.2) is 6.23 Å². The van der Waals surface area contributed by atoms with Crippen molar-refractivity contribution < 1.29 is 9.63 Å². The maximum Gasteiger partial charge on any atom is 0.188 e. The molecule has 0 bridgehead atoms. The number of carbonyl (C=O) groups is 1. The van der Waals surface area contributed by atoms with Crippen molar-refractivity contribution in [1.82, 2.24) is 30.0 Å². The van der Waals surface area contributed by atoms with Gasteiger partial charge in [0, 0.05) is 31.1 Å². The molecule has 1 atom stereocenters. The smallest absolute Gasteiger partial charge is 0.188 e. The molecule has 0 radical (unpaired) electrons. The Morgan fingerprint density at radius 3 is 2.78 bits per heavy atom. The summed E-state index contributed by atoms with van der Waals surface area (Å²) in [5.41, 5.74) is 1.54. The summed E-state index contributed by atoms with van der Waals surface area (Å²) in [6.45, 7) is 6.83. The molecule has 32 heavy (non-hydrogen) atoms. The van der Waals surface area contributed by atoms with Crippen LogP contribution in [0.4, 0.5) is 5.82 Å². The lowest BCUT2D eigenvalue weighted by Crippen LogP contribution is -2.54. The maximum absolute atomic E-state index is 12.0. The SMILES string of the molecule is CCc1cc2c(N3CCN(C(CC(C)=O)On4nnc5ccccc54)CC3)ncnc2s1. The fourth-order valence-electron chi connectivity index (χ4n) is 4.06. The van der Waals surface area contributed by atoms with E-state index < -0.39 is 6.23 Å². The fraction of sp³-hybridized carbons (Fsp3) is 0.409. The summed E-state index contributed by atoms with van der Waals surface area (Å²) in [5.74, 6) is 1.06. The summed E-state index contributed by atoms with van der Waals surface area (Å²) in [6.07, 6.45) is 2.53. The van der Waals surface area contributed by atoms with Crippen LogP contribution in [-0.2, 0) is 11.2 Å². The zero-order chi connectivity index (χ0) is 22.1. The van der Waals surface area contributed by atoms with E-state index in [9.17, 15) is 4.79 Å². The minimum Gasteiger partial charge on any atom is -0.375 e. The number of carbonyl (C=O) groups excluding carboxylic acids is 1. The molecule has 1 fully saturated rings. The average molecular weight is 452 g/mol. The van der Waals surface area contributed by atoms with Gasteiger partial charge in [-0.05, 0) is 36.8 Å². The Morgan fingerprint density at radius 1 is 1.19 bits per heavy atom. The summed E-state index contributed by atoms with van der Waals surface area (Å²) >= 11 is 1.73. The van der Waals surface area contributed by atoms with Crippen LogP contribution in [0.25, 0.3) is 21.3 Å². The van der Waals surface area contributed by atoms with Gasteiger partial charge in [-0.2, -0.15) is 0 Å². The quantitative estimate of drug-likeness (QED) is 0.424. The third-order valence-corrected chi connectivity index (χ3v) is 6.92. The van der Waals surface area contributed by atoms with Gasteiger partial charge in [0.25, 0.3) is 0 Å². The van der Waals surface area contributed by atoms with E-state index in [2.05, 4.69) is 43.1 Å². The minimum absolute atomic E-state index is 0.0738. The molecule has 0 spiro atoms.